The van der Waals surface area contributed by atoms with Gasteiger partial charge in [0.15, 0.2) is 25.0 Å². The van der Waals surface area contributed by atoms with Gasteiger partial charge in [-0.05, 0) is 0 Å². The van der Waals surface area contributed by atoms with Crippen LogP contribution in [0.3, 0.4) is 0 Å². The van der Waals surface area contributed by atoms with Crippen molar-refractivity contribution in [2.75, 3.05) is 20.3 Å². The van der Waals surface area contributed by atoms with E-state index in [1.54, 1.807) is 0 Å². The Labute approximate surface area is 181 Å². The molecule has 3 saturated heterocycles. The van der Waals surface area contributed by atoms with Gasteiger partial charge in [0.05, 0.1) is 13.2 Å². The second-order valence-electron chi connectivity index (χ2n) is 7.68. The monoisotopic (exact) mass is 472 g/mol. The number of carboxylic acid groups (broad SMARTS) is 1. The standard InChI is InChI=1S/C17H28O15/c1-27-11-8(21)10(23)16(32-13(11)14(24)25)31-12-6(19)4(18)2-29-17(12)30-5-3-28-15(26)9(22)7(5)20/h4-13,15-23,26H,2-3H2,1H3,(H,24,25)/t4-,5-,6+,7+,8-,9-,10-,11+,12-,13+,15?,16+,17+/m1/s1. The quantitative estimate of drug-likeness (QED) is 0.180. The molecular weight excluding hydrogens is 444 g/mol. The third-order valence-electron chi connectivity index (χ3n) is 5.54. The second kappa shape index (κ2) is 10.5. The minimum atomic E-state index is -1.82. The molecule has 1 unspecified atom stereocenters. The molecule has 0 spiro atoms. The van der Waals surface area contributed by atoms with E-state index in [0.717, 1.165) is 7.11 Å². The van der Waals surface area contributed by atoms with Gasteiger partial charge in [-0.1, -0.05) is 0 Å². The Kier molecular flexibility index (Phi) is 8.37. The summed E-state index contributed by atoms with van der Waals surface area (Å²) in [5, 5.41) is 79.5. The Morgan fingerprint density at radius 2 is 1.47 bits per heavy atom. The van der Waals surface area contributed by atoms with Crippen molar-refractivity contribution in [3.8, 4) is 0 Å². The molecule has 0 aromatic rings. The maximum atomic E-state index is 11.5. The average molecular weight is 472 g/mol. The predicted molar refractivity (Wildman–Crippen MR) is 94.6 cm³/mol. The molecule has 0 aromatic heterocycles. The fraction of sp³-hybridized carbons (Fsp3) is 0.941. The van der Waals surface area contributed by atoms with Crippen LogP contribution in [0.2, 0.25) is 0 Å². The van der Waals surface area contributed by atoms with Gasteiger partial charge >= 0.3 is 5.97 Å². The number of aliphatic hydroxyl groups is 7. The van der Waals surface area contributed by atoms with Crippen LogP contribution in [0.5, 0.6) is 0 Å². The molecular formula is C17H28O15. The number of hydrogen-bond donors (Lipinski definition) is 8. The van der Waals surface area contributed by atoms with Crippen LogP contribution >= 0.6 is 0 Å². The highest BCUT2D eigenvalue weighted by Crippen LogP contribution is 2.30. The zero-order chi connectivity index (χ0) is 23.7. The zero-order valence-electron chi connectivity index (χ0n) is 16.9. The average Bonchev–Trinajstić information content (AvgIpc) is 2.76. The molecule has 3 heterocycles. The Balaban J connectivity index is 1.75. The van der Waals surface area contributed by atoms with Crippen molar-refractivity contribution in [3.63, 3.8) is 0 Å². The summed E-state index contributed by atoms with van der Waals surface area (Å²) in [7, 11) is 1.11. The first kappa shape index (κ1) is 25.6. The lowest BCUT2D eigenvalue weighted by molar-refractivity contribution is -0.368. The highest BCUT2D eigenvalue weighted by molar-refractivity contribution is 5.73. The summed E-state index contributed by atoms with van der Waals surface area (Å²) >= 11 is 0. The van der Waals surface area contributed by atoms with Crippen LogP contribution in [0.4, 0.5) is 0 Å². The summed E-state index contributed by atoms with van der Waals surface area (Å²) in [4.78, 5) is 11.5. The van der Waals surface area contributed by atoms with Gasteiger partial charge in [-0.25, -0.2) is 4.79 Å². The van der Waals surface area contributed by atoms with Crippen LogP contribution in [0.1, 0.15) is 0 Å². The molecule has 3 aliphatic rings. The maximum absolute atomic E-state index is 11.5. The van der Waals surface area contributed by atoms with E-state index in [-0.39, 0.29) is 6.61 Å². The molecule has 186 valence electrons. The summed E-state index contributed by atoms with van der Waals surface area (Å²) in [6.45, 7) is -0.788. The smallest absolute Gasteiger partial charge is 0.335 e. The van der Waals surface area contributed by atoms with Crippen molar-refractivity contribution in [2.45, 2.75) is 79.9 Å². The van der Waals surface area contributed by atoms with Crippen molar-refractivity contribution in [1.29, 1.82) is 0 Å². The largest absolute Gasteiger partial charge is 0.479 e. The van der Waals surface area contributed by atoms with Crippen molar-refractivity contribution < 1.29 is 74.1 Å². The van der Waals surface area contributed by atoms with Gasteiger partial charge in [0.25, 0.3) is 0 Å². The highest BCUT2D eigenvalue weighted by atomic mass is 16.8. The Hall–Kier alpha value is -1.05. The van der Waals surface area contributed by atoms with E-state index >= 15 is 0 Å². The first-order valence-electron chi connectivity index (χ1n) is 9.78. The van der Waals surface area contributed by atoms with Crippen LogP contribution < -0.4 is 0 Å². The van der Waals surface area contributed by atoms with Crippen molar-refractivity contribution in [3.05, 3.63) is 0 Å². The van der Waals surface area contributed by atoms with Gasteiger partial charge in [0.2, 0.25) is 0 Å². The topological polar surface area (TPSA) is 234 Å². The van der Waals surface area contributed by atoms with Crippen LogP contribution in [-0.4, -0.2) is 147 Å². The van der Waals surface area contributed by atoms with Crippen molar-refractivity contribution in [1.82, 2.24) is 0 Å². The third-order valence-corrected chi connectivity index (χ3v) is 5.54. The summed E-state index contributed by atoms with van der Waals surface area (Å²) < 4.78 is 31.2. The first-order valence-corrected chi connectivity index (χ1v) is 9.78. The number of rotatable bonds is 6. The minimum absolute atomic E-state index is 0.373. The zero-order valence-corrected chi connectivity index (χ0v) is 16.9. The lowest BCUT2D eigenvalue weighted by Gasteiger charge is -2.45. The van der Waals surface area contributed by atoms with Crippen LogP contribution in [0, 0.1) is 0 Å². The second-order valence-corrected chi connectivity index (χ2v) is 7.68. The molecule has 32 heavy (non-hydrogen) atoms. The fourth-order valence-electron chi connectivity index (χ4n) is 3.67. The molecule has 0 saturated carbocycles. The number of methoxy groups -OCH3 is 1. The van der Waals surface area contributed by atoms with Gasteiger partial charge in [-0.15, -0.1) is 0 Å². The molecule has 3 fully saturated rings. The molecule has 0 aromatic carbocycles. The maximum Gasteiger partial charge on any atom is 0.335 e. The fourth-order valence-corrected chi connectivity index (χ4v) is 3.67. The molecule has 0 aliphatic carbocycles. The number of ether oxygens (including phenoxy) is 6. The number of carboxylic acids is 1. The van der Waals surface area contributed by atoms with Gasteiger partial charge in [-0.2, -0.15) is 0 Å². The van der Waals surface area contributed by atoms with E-state index in [0.29, 0.717) is 0 Å². The normalized spacial score (nSPS) is 50.2. The van der Waals surface area contributed by atoms with Crippen LogP contribution in [0.15, 0.2) is 0 Å². The van der Waals surface area contributed by atoms with Crippen LogP contribution in [-0.2, 0) is 33.2 Å². The summed E-state index contributed by atoms with van der Waals surface area (Å²) in [6.07, 6.45) is -21.0. The molecule has 0 bridgehead atoms. The van der Waals surface area contributed by atoms with Gasteiger partial charge in [-0.3, -0.25) is 0 Å². The molecule has 8 N–H and O–H groups in total. The first-order chi connectivity index (χ1) is 15.1. The molecule has 15 heteroatoms. The molecule has 0 radical (unpaired) electrons. The van der Waals surface area contributed by atoms with Gasteiger partial charge < -0.3 is 69.3 Å². The van der Waals surface area contributed by atoms with Gasteiger partial charge in [0, 0.05) is 7.11 Å². The van der Waals surface area contributed by atoms with E-state index in [2.05, 4.69) is 0 Å². The predicted octanol–water partition coefficient (Wildman–Crippen LogP) is -5.55. The lowest BCUT2D eigenvalue weighted by atomic mass is 9.98. The van der Waals surface area contributed by atoms with E-state index < -0.39 is 92.5 Å². The van der Waals surface area contributed by atoms with Crippen molar-refractivity contribution >= 4 is 5.97 Å². The molecule has 0 amide bonds. The summed E-state index contributed by atoms with van der Waals surface area (Å²) in [6, 6.07) is 0. The Morgan fingerprint density at radius 1 is 0.781 bits per heavy atom. The number of carbonyl (C=O) groups is 1. The SMILES string of the molecule is CO[C@H]1[C@H](O)[C@@H](O)[C@@H](O[C@H]2[C@H](O[C@@H]3COC(O)[C@H](O)[C@H]3O)OC[C@@H](O)[C@@H]2O)O[C@@H]1C(=O)O. The van der Waals surface area contributed by atoms with E-state index in [1.165, 1.54) is 0 Å². The molecule has 3 rings (SSSR count). The third kappa shape index (κ3) is 5.05. The van der Waals surface area contributed by atoms with Crippen molar-refractivity contribution in [2.24, 2.45) is 0 Å². The molecule has 3 aliphatic heterocycles. The van der Waals surface area contributed by atoms with E-state index in [9.17, 15) is 45.6 Å². The molecule has 13 atom stereocenters. The molecule has 15 nitrogen and oxygen atoms in total. The van der Waals surface area contributed by atoms with Gasteiger partial charge in [0.1, 0.15) is 54.9 Å². The number of aliphatic carboxylic acids is 1. The Bertz CT molecular complexity index is 635. The lowest BCUT2D eigenvalue weighted by Crippen LogP contribution is -2.64. The highest BCUT2D eigenvalue weighted by Gasteiger charge is 2.52. The minimum Gasteiger partial charge on any atom is -0.479 e. The Morgan fingerprint density at radius 3 is 2.09 bits per heavy atom. The summed E-state index contributed by atoms with van der Waals surface area (Å²) in [5.41, 5.74) is 0. The summed E-state index contributed by atoms with van der Waals surface area (Å²) in [5.74, 6) is -1.51. The van der Waals surface area contributed by atoms with Crippen LogP contribution in [0.25, 0.3) is 0 Å². The number of hydrogen-bond acceptors (Lipinski definition) is 14. The number of aliphatic hydroxyl groups excluding tert-OH is 7. The van der Waals surface area contributed by atoms with E-state index in [1.807, 2.05) is 0 Å². The van der Waals surface area contributed by atoms with E-state index in [4.69, 9.17) is 28.4 Å².